The van der Waals surface area contributed by atoms with Crippen LogP contribution in [0.15, 0.2) is 0 Å². The van der Waals surface area contributed by atoms with Crippen LogP contribution in [0.2, 0.25) is 0 Å². The highest BCUT2D eigenvalue weighted by molar-refractivity contribution is 7.71. The van der Waals surface area contributed by atoms with Gasteiger partial charge in [-0.05, 0) is 37.9 Å². The van der Waals surface area contributed by atoms with Crippen LogP contribution in [0, 0.1) is 4.77 Å². The average Bonchev–Trinajstić information content (AvgIpc) is 2.61. The van der Waals surface area contributed by atoms with Gasteiger partial charge >= 0.3 is 0 Å². The molecule has 4 nitrogen and oxygen atoms in total. The van der Waals surface area contributed by atoms with E-state index in [1.54, 1.807) is 7.11 Å². The number of methoxy groups -OCH3 is 1. The van der Waals surface area contributed by atoms with Crippen LogP contribution in [0.5, 0.6) is 0 Å². The van der Waals surface area contributed by atoms with Crippen molar-refractivity contribution in [3.05, 3.63) is 10.6 Å². The first kappa shape index (κ1) is 13.4. The lowest BCUT2D eigenvalue weighted by atomic mass is 10.2. The fraction of sp³-hybridized carbons (Fsp3) is 0.818. The molecule has 1 heterocycles. The maximum Gasteiger partial charge on any atom is 0.195 e. The summed E-state index contributed by atoms with van der Waals surface area (Å²) in [4.78, 5) is 0. The topological polar surface area (TPSA) is 42.8 Å². The predicted octanol–water partition coefficient (Wildman–Crippen LogP) is 2.71. The third-order valence-electron chi connectivity index (χ3n) is 2.54. The van der Waals surface area contributed by atoms with Crippen LogP contribution in [-0.2, 0) is 17.7 Å². The van der Waals surface area contributed by atoms with Crippen LogP contribution in [0.3, 0.4) is 0 Å². The first-order valence-electron chi connectivity index (χ1n) is 5.92. The summed E-state index contributed by atoms with van der Waals surface area (Å²) in [5, 5.41) is 7.11. The van der Waals surface area contributed by atoms with Crippen molar-refractivity contribution in [3.63, 3.8) is 0 Å². The lowest BCUT2D eigenvalue weighted by Crippen LogP contribution is -2.04. The second-order valence-electron chi connectivity index (χ2n) is 3.90. The van der Waals surface area contributed by atoms with Gasteiger partial charge in [-0.15, -0.1) is 0 Å². The van der Waals surface area contributed by atoms with Gasteiger partial charge in [0.25, 0.3) is 0 Å². The Bertz CT molecular complexity index is 345. The van der Waals surface area contributed by atoms with E-state index in [-0.39, 0.29) is 0 Å². The second kappa shape index (κ2) is 7.57. The molecule has 0 spiro atoms. The third kappa shape index (κ3) is 4.06. The molecule has 0 fully saturated rings. The summed E-state index contributed by atoms with van der Waals surface area (Å²) < 4.78 is 7.88. The summed E-state index contributed by atoms with van der Waals surface area (Å²) in [6.07, 6.45) is 5.51. The molecule has 0 atom stereocenters. The molecule has 1 aromatic heterocycles. The highest BCUT2D eigenvalue weighted by Gasteiger charge is 2.04. The molecule has 0 unspecified atom stereocenters. The fourth-order valence-electron chi connectivity index (χ4n) is 1.69. The number of nitrogens with zero attached hydrogens (tertiary/aromatic N) is 2. The lowest BCUT2D eigenvalue weighted by molar-refractivity contribution is 0.191. The molecule has 5 heteroatoms. The van der Waals surface area contributed by atoms with Crippen molar-refractivity contribution in [3.8, 4) is 0 Å². The summed E-state index contributed by atoms with van der Waals surface area (Å²) in [7, 11) is 1.74. The van der Waals surface area contributed by atoms with Gasteiger partial charge in [0, 0.05) is 26.7 Å². The van der Waals surface area contributed by atoms with Gasteiger partial charge in [0.15, 0.2) is 4.77 Å². The van der Waals surface area contributed by atoms with Gasteiger partial charge < -0.3 is 9.30 Å². The number of H-pyrrole nitrogens is 1. The first-order valence-corrected chi connectivity index (χ1v) is 6.33. The maximum atomic E-state index is 5.21. The van der Waals surface area contributed by atoms with Crippen molar-refractivity contribution >= 4 is 12.2 Å². The van der Waals surface area contributed by atoms with Gasteiger partial charge in [0.2, 0.25) is 0 Å². The Morgan fingerprint density at radius 2 is 2.19 bits per heavy atom. The van der Waals surface area contributed by atoms with Gasteiger partial charge in [0.1, 0.15) is 5.82 Å². The van der Waals surface area contributed by atoms with Crippen molar-refractivity contribution in [2.45, 2.75) is 45.6 Å². The number of ether oxygens (including phenoxy) is 1. The van der Waals surface area contributed by atoms with Crippen LogP contribution in [-0.4, -0.2) is 28.5 Å². The van der Waals surface area contributed by atoms with Gasteiger partial charge in [-0.1, -0.05) is 6.92 Å². The van der Waals surface area contributed by atoms with Gasteiger partial charge in [-0.3, -0.25) is 5.10 Å². The number of aromatic amines is 1. The minimum atomic E-state index is 0.746. The van der Waals surface area contributed by atoms with E-state index in [0.29, 0.717) is 0 Å². The lowest BCUT2D eigenvalue weighted by Gasteiger charge is -2.05. The Hall–Kier alpha value is -0.680. The number of hydrogen-bond acceptors (Lipinski definition) is 3. The van der Waals surface area contributed by atoms with E-state index in [0.717, 1.165) is 49.4 Å². The number of aromatic nitrogens is 3. The predicted molar refractivity (Wildman–Crippen MR) is 67.1 cm³/mol. The molecule has 0 aliphatic heterocycles. The van der Waals surface area contributed by atoms with E-state index in [4.69, 9.17) is 17.0 Å². The standard InChI is InChI=1S/C11H21N3OS/c1-3-7-10-12-13-11(16)14(10)8-5-4-6-9-15-2/h3-9H2,1-2H3,(H,13,16). The molecular weight excluding hydrogens is 222 g/mol. The van der Waals surface area contributed by atoms with Crippen molar-refractivity contribution in [2.75, 3.05) is 13.7 Å². The van der Waals surface area contributed by atoms with Crippen molar-refractivity contribution < 1.29 is 4.74 Å². The summed E-state index contributed by atoms with van der Waals surface area (Å²) >= 11 is 5.21. The molecule has 16 heavy (non-hydrogen) atoms. The first-order chi connectivity index (χ1) is 7.79. The molecule has 0 aromatic carbocycles. The molecule has 92 valence electrons. The van der Waals surface area contributed by atoms with E-state index in [9.17, 15) is 0 Å². The number of unbranched alkanes of at least 4 members (excludes halogenated alkanes) is 2. The average molecular weight is 243 g/mol. The largest absolute Gasteiger partial charge is 0.385 e. The smallest absolute Gasteiger partial charge is 0.195 e. The zero-order valence-corrected chi connectivity index (χ0v) is 11.0. The fourth-order valence-corrected chi connectivity index (χ4v) is 1.93. The monoisotopic (exact) mass is 243 g/mol. The van der Waals surface area contributed by atoms with E-state index < -0.39 is 0 Å². The summed E-state index contributed by atoms with van der Waals surface area (Å²) in [5.41, 5.74) is 0. The number of hydrogen-bond donors (Lipinski definition) is 1. The molecule has 0 amide bonds. The molecule has 0 saturated heterocycles. The Balaban J connectivity index is 2.40. The minimum absolute atomic E-state index is 0.746. The van der Waals surface area contributed by atoms with Crippen LogP contribution in [0.25, 0.3) is 0 Å². The Morgan fingerprint density at radius 3 is 2.88 bits per heavy atom. The molecule has 1 aromatic rings. The zero-order chi connectivity index (χ0) is 11.8. The van der Waals surface area contributed by atoms with Crippen molar-refractivity contribution in [1.29, 1.82) is 0 Å². The summed E-state index contributed by atoms with van der Waals surface area (Å²) in [5.74, 6) is 1.08. The Kier molecular flexibility index (Phi) is 6.33. The van der Waals surface area contributed by atoms with E-state index >= 15 is 0 Å². The van der Waals surface area contributed by atoms with Crippen molar-refractivity contribution in [1.82, 2.24) is 14.8 Å². The zero-order valence-electron chi connectivity index (χ0n) is 10.2. The molecule has 0 aliphatic carbocycles. The van der Waals surface area contributed by atoms with Crippen LogP contribution < -0.4 is 0 Å². The molecule has 0 saturated carbocycles. The molecule has 0 radical (unpaired) electrons. The summed E-state index contributed by atoms with van der Waals surface area (Å²) in [6, 6.07) is 0. The molecule has 0 bridgehead atoms. The molecule has 1 rings (SSSR count). The highest BCUT2D eigenvalue weighted by Crippen LogP contribution is 2.05. The summed E-state index contributed by atoms with van der Waals surface area (Å²) in [6.45, 7) is 3.97. The maximum absolute atomic E-state index is 5.21. The Labute approximate surface area is 102 Å². The molecular formula is C11H21N3OS. The van der Waals surface area contributed by atoms with E-state index in [2.05, 4.69) is 21.7 Å². The number of aryl methyl sites for hydroxylation is 1. The van der Waals surface area contributed by atoms with Crippen molar-refractivity contribution in [2.24, 2.45) is 0 Å². The minimum Gasteiger partial charge on any atom is -0.385 e. The Morgan fingerprint density at radius 1 is 1.38 bits per heavy atom. The van der Waals surface area contributed by atoms with Crippen LogP contribution in [0.4, 0.5) is 0 Å². The van der Waals surface area contributed by atoms with Gasteiger partial charge in [-0.25, -0.2) is 0 Å². The molecule has 0 aliphatic rings. The van der Waals surface area contributed by atoms with Crippen LogP contribution >= 0.6 is 12.2 Å². The van der Waals surface area contributed by atoms with Gasteiger partial charge in [0.05, 0.1) is 0 Å². The SMILES string of the molecule is CCCc1n[nH]c(=S)n1CCCCCOC. The third-order valence-corrected chi connectivity index (χ3v) is 2.85. The van der Waals surface area contributed by atoms with E-state index in [1.807, 2.05) is 0 Å². The van der Waals surface area contributed by atoms with Gasteiger partial charge in [-0.2, -0.15) is 5.10 Å². The van der Waals surface area contributed by atoms with Crippen LogP contribution in [0.1, 0.15) is 38.4 Å². The number of nitrogens with one attached hydrogen (secondary N) is 1. The molecule has 1 N–H and O–H groups in total. The number of rotatable bonds is 8. The van der Waals surface area contributed by atoms with E-state index in [1.165, 1.54) is 6.42 Å². The second-order valence-corrected chi connectivity index (χ2v) is 4.29. The normalized spacial score (nSPS) is 10.9. The quantitative estimate of drug-likeness (QED) is 0.564. The highest BCUT2D eigenvalue weighted by atomic mass is 32.1.